The van der Waals surface area contributed by atoms with Gasteiger partial charge in [-0.05, 0) is 19.1 Å². The lowest BCUT2D eigenvalue weighted by Gasteiger charge is -1.94. The van der Waals surface area contributed by atoms with Crippen molar-refractivity contribution in [3.63, 3.8) is 0 Å². The van der Waals surface area contributed by atoms with E-state index in [-0.39, 0.29) is 0 Å². The molecule has 0 aliphatic carbocycles. The molecule has 0 spiro atoms. The first-order valence-corrected chi connectivity index (χ1v) is 3.40. The second-order valence-corrected chi connectivity index (χ2v) is 2.51. The minimum atomic E-state index is 0.558. The fourth-order valence-corrected chi connectivity index (χ4v) is 0.656. The standard InChI is InChI=1S/C7H8NOS/c1-6(10)8-5-7-3-2-4-9-7/h2-4H,5H2,1H3. The SMILES string of the molecule is CC(=S)[N]Cc1ccco1. The molecule has 0 unspecified atom stereocenters. The van der Waals surface area contributed by atoms with Crippen LogP contribution in [0.15, 0.2) is 22.8 Å². The molecule has 0 saturated heterocycles. The second-order valence-electron chi connectivity index (χ2n) is 1.91. The molecule has 10 heavy (non-hydrogen) atoms. The van der Waals surface area contributed by atoms with Gasteiger partial charge in [-0.1, -0.05) is 12.2 Å². The lowest BCUT2D eigenvalue weighted by atomic mass is 10.4. The fourth-order valence-electron chi connectivity index (χ4n) is 0.592. The molecule has 0 atom stereocenters. The van der Waals surface area contributed by atoms with Gasteiger partial charge in [0.05, 0.1) is 17.8 Å². The van der Waals surface area contributed by atoms with E-state index in [1.807, 2.05) is 12.1 Å². The normalized spacial score (nSPS) is 9.30. The lowest BCUT2D eigenvalue weighted by Crippen LogP contribution is -2.07. The van der Waals surface area contributed by atoms with Crippen LogP contribution in [-0.2, 0) is 6.54 Å². The van der Waals surface area contributed by atoms with E-state index in [0.717, 1.165) is 5.76 Å². The maximum atomic E-state index is 5.03. The predicted molar refractivity (Wildman–Crippen MR) is 42.8 cm³/mol. The Bertz CT molecular complexity index is 205. The summed E-state index contributed by atoms with van der Waals surface area (Å²) in [5.74, 6) is 0.851. The number of nitrogens with zero attached hydrogens (tertiary/aromatic N) is 1. The molecule has 0 aliphatic heterocycles. The fraction of sp³-hybridized carbons (Fsp3) is 0.286. The highest BCUT2D eigenvalue weighted by atomic mass is 32.1. The third-order valence-electron chi connectivity index (χ3n) is 1.04. The summed E-state index contributed by atoms with van der Waals surface area (Å²) < 4.78 is 5.03. The van der Waals surface area contributed by atoms with E-state index in [1.54, 1.807) is 13.2 Å². The van der Waals surface area contributed by atoms with Crippen LogP contribution >= 0.6 is 12.2 Å². The molecular formula is C7H8NOS. The van der Waals surface area contributed by atoms with Crippen LogP contribution in [0.2, 0.25) is 0 Å². The van der Waals surface area contributed by atoms with Crippen LogP contribution in [0.1, 0.15) is 12.7 Å². The zero-order valence-electron chi connectivity index (χ0n) is 5.70. The highest BCUT2D eigenvalue weighted by molar-refractivity contribution is 7.80. The Morgan fingerprint density at radius 3 is 3.10 bits per heavy atom. The molecule has 0 aliphatic rings. The molecule has 0 saturated carbocycles. The predicted octanol–water partition coefficient (Wildman–Crippen LogP) is 1.73. The average molecular weight is 154 g/mol. The zero-order chi connectivity index (χ0) is 7.40. The Kier molecular flexibility index (Phi) is 2.45. The molecule has 2 nitrogen and oxygen atoms in total. The van der Waals surface area contributed by atoms with Gasteiger partial charge < -0.3 is 4.42 Å². The number of hydrogen-bond acceptors (Lipinski definition) is 2. The molecule has 1 aromatic heterocycles. The van der Waals surface area contributed by atoms with E-state index in [1.165, 1.54) is 0 Å². The van der Waals surface area contributed by atoms with Gasteiger partial charge in [-0.3, -0.25) is 5.32 Å². The molecule has 1 radical (unpaired) electrons. The first-order valence-electron chi connectivity index (χ1n) is 2.99. The molecule has 0 bridgehead atoms. The van der Waals surface area contributed by atoms with Gasteiger partial charge in [0.1, 0.15) is 5.76 Å². The van der Waals surface area contributed by atoms with E-state index in [2.05, 4.69) is 5.32 Å². The first-order chi connectivity index (χ1) is 4.79. The molecule has 3 heteroatoms. The van der Waals surface area contributed by atoms with Crippen molar-refractivity contribution in [1.82, 2.24) is 5.32 Å². The Morgan fingerprint density at radius 1 is 1.80 bits per heavy atom. The van der Waals surface area contributed by atoms with Crippen LogP contribution < -0.4 is 5.32 Å². The minimum Gasteiger partial charge on any atom is -0.467 e. The summed E-state index contributed by atoms with van der Waals surface area (Å²) in [5.41, 5.74) is 0. The van der Waals surface area contributed by atoms with Crippen molar-refractivity contribution in [1.29, 1.82) is 0 Å². The van der Waals surface area contributed by atoms with E-state index < -0.39 is 0 Å². The largest absolute Gasteiger partial charge is 0.467 e. The van der Waals surface area contributed by atoms with Gasteiger partial charge in [0.15, 0.2) is 0 Å². The smallest absolute Gasteiger partial charge is 0.125 e. The molecule has 1 heterocycles. The summed E-state index contributed by atoms with van der Waals surface area (Å²) in [7, 11) is 0. The van der Waals surface area contributed by atoms with Crippen LogP contribution in [0.5, 0.6) is 0 Å². The third kappa shape index (κ3) is 2.19. The van der Waals surface area contributed by atoms with Crippen molar-refractivity contribution in [3.8, 4) is 0 Å². The first kappa shape index (κ1) is 7.28. The molecule has 1 aromatic rings. The molecule has 0 fully saturated rings. The number of furan rings is 1. The Morgan fingerprint density at radius 2 is 2.60 bits per heavy atom. The average Bonchev–Trinajstić information content (AvgIpc) is 2.34. The Hall–Kier alpha value is -0.830. The summed E-state index contributed by atoms with van der Waals surface area (Å²) in [6.45, 7) is 2.35. The number of rotatable bonds is 2. The zero-order valence-corrected chi connectivity index (χ0v) is 6.52. The Labute approximate surface area is 65.2 Å². The monoisotopic (exact) mass is 154 g/mol. The van der Waals surface area contributed by atoms with Crippen molar-refractivity contribution in [2.75, 3.05) is 0 Å². The minimum absolute atomic E-state index is 0.558. The molecule has 0 N–H and O–H groups in total. The highest BCUT2D eigenvalue weighted by Gasteiger charge is 1.94. The van der Waals surface area contributed by atoms with Crippen LogP contribution in [0.3, 0.4) is 0 Å². The summed E-state index contributed by atoms with van der Waals surface area (Å²) in [6.07, 6.45) is 1.63. The van der Waals surface area contributed by atoms with Gasteiger partial charge in [-0.15, -0.1) is 0 Å². The van der Waals surface area contributed by atoms with Crippen molar-refractivity contribution in [2.24, 2.45) is 0 Å². The third-order valence-corrected chi connectivity index (χ3v) is 1.17. The van der Waals surface area contributed by atoms with Crippen molar-refractivity contribution in [2.45, 2.75) is 13.5 Å². The van der Waals surface area contributed by atoms with E-state index in [4.69, 9.17) is 16.6 Å². The second kappa shape index (κ2) is 3.37. The van der Waals surface area contributed by atoms with Gasteiger partial charge >= 0.3 is 0 Å². The molecule has 0 amide bonds. The van der Waals surface area contributed by atoms with Crippen molar-refractivity contribution in [3.05, 3.63) is 24.2 Å². The topological polar surface area (TPSA) is 27.2 Å². The maximum absolute atomic E-state index is 5.03. The van der Waals surface area contributed by atoms with Crippen molar-refractivity contribution < 1.29 is 4.42 Å². The number of hydrogen-bond donors (Lipinski definition) is 0. The summed E-state index contributed by atoms with van der Waals surface area (Å²) >= 11 is 4.76. The summed E-state index contributed by atoms with van der Waals surface area (Å²) in [5, 5.41) is 4.00. The van der Waals surface area contributed by atoms with Gasteiger partial charge in [-0.2, -0.15) is 0 Å². The van der Waals surface area contributed by atoms with Crippen LogP contribution in [0.4, 0.5) is 0 Å². The maximum Gasteiger partial charge on any atom is 0.125 e. The van der Waals surface area contributed by atoms with Gasteiger partial charge in [0.2, 0.25) is 0 Å². The van der Waals surface area contributed by atoms with E-state index in [9.17, 15) is 0 Å². The summed E-state index contributed by atoms with van der Waals surface area (Å²) in [6, 6.07) is 3.71. The van der Waals surface area contributed by atoms with E-state index >= 15 is 0 Å². The highest BCUT2D eigenvalue weighted by Crippen LogP contribution is 1.98. The Balaban J connectivity index is 2.35. The van der Waals surface area contributed by atoms with E-state index in [0.29, 0.717) is 11.5 Å². The van der Waals surface area contributed by atoms with Gasteiger partial charge in [0.25, 0.3) is 0 Å². The molecule has 53 valence electrons. The van der Waals surface area contributed by atoms with Gasteiger partial charge in [-0.25, -0.2) is 0 Å². The van der Waals surface area contributed by atoms with Crippen LogP contribution in [-0.4, -0.2) is 4.99 Å². The lowest BCUT2D eigenvalue weighted by molar-refractivity contribution is 0.502. The summed E-state index contributed by atoms with van der Waals surface area (Å²) in [4.78, 5) is 0.663. The van der Waals surface area contributed by atoms with Crippen molar-refractivity contribution >= 4 is 17.2 Å². The number of thiocarbonyl (C=S) groups is 1. The quantitative estimate of drug-likeness (QED) is 0.607. The van der Waals surface area contributed by atoms with Gasteiger partial charge in [0, 0.05) is 0 Å². The van der Waals surface area contributed by atoms with Crippen LogP contribution in [0, 0.1) is 0 Å². The molecule has 1 rings (SSSR count). The molecular weight excluding hydrogens is 146 g/mol. The van der Waals surface area contributed by atoms with Crippen LogP contribution in [0.25, 0.3) is 0 Å². The molecule has 0 aromatic carbocycles.